The Morgan fingerprint density at radius 2 is 0.649 bits per heavy atom. The van der Waals surface area contributed by atoms with Gasteiger partial charge >= 0.3 is 29.1 Å². The van der Waals surface area contributed by atoms with E-state index in [2.05, 4.69) is 72.8 Å². The summed E-state index contributed by atoms with van der Waals surface area (Å²) in [6.07, 6.45) is 8.19. The number of methoxy groups -OCH3 is 4. The minimum atomic E-state index is -1.55. The maximum absolute atomic E-state index is 16.7. The quantitative estimate of drug-likeness (QED) is 0.119. The van der Waals surface area contributed by atoms with Gasteiger partial charge in [0.15, 0.2) is 22.8 Å². The van der Waals surface area contributed by atoms with Crippen LogP contribution in [-0.2, 0) is 54.6 Å². The van der Waals surface area contributed by atoms with Crippen LogP contribution in [0.5, 0.6) is 23.0 Å². The van der Waals surface area contributed by atoms with Crippen molar-refractivity contribution >= 4 is 80.5 Å². The van der Waals surface area contributed by atoms with Crippen molar-refractivity contribution in [3.05, 3.63) is 262 Å². The molecule has 6 aliphatic heterocycles. The number of urea groups is 2. The van der Waals surface area contributed by atoms with Gasteiger partial charge in [0.1, 0.15) is 22.5 Å². The molecular weight excluding hydrogens is 1260 g/mol. The summed E-state index contributed by atoms with van der Waals surface area (Å²) < 4.78 is 25.8. The maximum Gasteiger partial charge on any atom is 2.00 e. The number of fused-ring (bicyclic) bond motifs is 14. The average molecular weight is 1320 g/mol. The molecule has 6 aliphatic rings. The Hall–Kier alpha value is -11.8. The van der Waals surface area contributed by atoms with Crippen LogP contribution >= 0.6 is 0 Å². The first-order chi connectivity index (χ1) is 47.3. The molecule has 8 aromatic carbocycles. The van der Waals surface area contributed by atoms with Gasteiger partial charge in [-0.25, -0.2) is 29.5 Å². The molecular formula is C80H58CuN10O6. The molecule has 2 fully saturated rings. The summed E-state index contributed by atoms with van der Waals surface area (Å²) in [7, 11) is 6.47. The standard InChI is InChI=1S/C80H58N10O6.Cu/c1-93-63-41-42-64(94-2)54-44-88-78(92)90-46-56-55(45-89-77(91)87(43-53(54)63)79(88,51-31-19-9-20-32-51)80(89,90)52-33-21-10-22-34-52)75(95-3)73-74(76(56)96-4)86-72-70-68(50-29-17-8-18-30-50)62-40-38-60(83-62)66(48-25-13-6-14-26-48)58-36-35-57(81-58)65(47-23-11-5-12-24-47)59-37-39-61(82-59)67(49-27-15-7-16-28-49)69(84-70)71(72)85-73;/h5-42H,43-46H2,1-4H3;/q-2;+2. The van der Waals surface area contributed by atoms with Crippen LogP contribution in [0.2, 0.25) is 0 Å². The molecule has 12 aromatic rings. The third kappa shape index (κ3) is 8.34. The van der Waals surface area contributed by atoms with Crippen LogP contribution < -0.4 is 28.9 Å². The SMILES string of the molecule is COc1ccc(OC)c2c1CN1C(=O)N3Cc4c(c(OC)c5nc6c7[n-]c(c(-c8ccccc8)c8nc(c(-c9ccccc9)c9ccc([n-]9)c(-c9ccccc9)c9nc(c7-c7ccccc7)C=C9)C=C8)c6nc5c4OC)CN4C(=O)N(C2)C1(c1ccccc1)C34c1ccccc1.[Cu+2]. The molecule has 4 aromatic heterocycles. The number of hydrogen-bond donors (Lipinski definition) is 0. The van der Waals surface area contributed by atoms with Gasteiger partial charge in [-0.2, -0.15) is 0 Å². The second-order valence-corrected chi connectivity index (χ2v) is 24.5. The van der Waals surface area contributed by atoms with Crippen LogP contribution in [0.25, 0.3) is 113 Å². The molecule has 18 rings (SSSR count). The van der Waals surface area contributed by atoms with Gasteiger partial charge < -0.3 is 28.9 Å². The minimum Gasteiger partial charge on any atom is -0.657 e. The van der Waals surface area contributed by atoms with Gasteiger partial charge in [-0.3, -0.25) is 19.6 Å². The van der Waals surface area contributed by atoms with E-state index in [1.165, 1.54) is 0 Å². The Morgan fingerprint density at radius 3 is 0.979 bits per heavy atom. The van der Waals surface area contributed by atoms with Gasteiger partial charge in [0, 0.05) is 33.4 Å². The number of hydrogen-bond acceptors (Lipinski definition) is 10. The Labute approximate surface area is 568 Å². The average Bonchev–Trinajstić information content (AvgIpc) is 1.47. The van der Waals surface area contributed by atoms with Gasteiger partial charge in [0.05, 0.1) is 88.4 Å². The van der Waals surface area contributed by atoms with Crippen LogP contribution in [0.4, 0.5) is 9.59 Å². The van der Waals surface area contributed by atoms with Gasteiger partial charge in [-0.05, 0) is 80.9 Å². The second kappa shape index (κ2) is 22.7. The third-order valence-electron chi connectivity index (χ3n) is 19.9. The molecule has 17 heteroatoms. The largest absolute Gasteiger partial charge is 2.00 e. The number of nitrogens with zero attached hydrogens (tertiary/aromatic N) is 10. The first-order valence-corrected chi connectivity index (χ1v) is 31.9. The van der Waals surface area contributed by atoms with Crippen molar-refractivity contribution in [1.82, 2.24) is 49.5 Å². The summed E-state index contributed by atoms with van der Waals surface area (Å²) in [5.41, 5.74) is 14.6. The van der Waals surface area contributed by atoms with Gasteiger partial charge in [-0.1, -0.05) is 205 Å². The summed E-state index contributed by atoms with van der Waals surface area (Å²) in [6, 6.07) is 67.8. The van der Waals surface area contributed by atoms with E-state index < -0.39 is 11.3 Å². The fourth-order valence-electron chi connectivity index (χ4n) is 16.0. The zero-order valence-corrected chi connectivity index (χ0v) is 53.9. The van der Waals surface area contributed by atoms with Crippen LogP contribution in [0.3, 0.4) is 0 Å². The summed E-state index contributed by atoms with van der Waals surface area (Å²) >= 11 is 0. The molecule has 16 nitrogen and oxygen atoms in total. The maximum atomic E-state index is 16.7. The van der Waals surface area contributed by atoms with E-state index in [4.69, 9.17) is 48.9 Å². The predicted octanol–water partition coefficient (Wildman–Crippen LogP) is 15.6. The van der Waals surface area contributed by atoms with Crippen molar-refractivity contribution in [2.45, 2.75) is 37.5 Å². The van der Waals surface area contributed by atoms with Gasteiger partial charge in [0.25, 0.3) is 0 Å². The molecule has 0 saturated carbocycles. The topological polar surface area (TPSA) is 164 Å². The zero-order valence-electron chi connectivity index (χ0n) is 53.0. The predicted molar refractivity (Wildman–Crippen MR) is 371 cm³/mol. The van der Waals surface area contributed by atoms with Crippen molar-refractivity contribution in [3.8, 4) is 67.5 Å². The fourth-order valence-corrected chi connectivity index (χ4v) is 16.0. The van der Waals surface area contributed by atoms with Crippen molar-refractivity contribution < 1.29 is 45.6 Å². The number of rotatable bonds is 10. The van der Waals surface area contributed by atoms with E-state index >= 15 is 9.59 Å². The molecule has 475 valence electrons. The number of amides is 4. The Morgan fingerprint density at radius 1 is 0.340 bits per heavy atom. The number of benzene rings is 8. The molecule has 1 radical (unpaired) electrons. The molecule has 0 unspecified atom stereocenters. The molecule has 10 heterocycles. The Kier molecular flexibility index (Phi) is 13.8. The smallest absolute Gasteiger partial charge is 0.657 e. The first kappa shape index (κ1) is 59.0. The first-order valence-electron chi connectivity index (χ1n) is 31.9. The molecule has 0 N–H and O–H groups in total. The van der Waals surface area contributed by atoms with Crippen molar-refractivity contribution in [2.75, 3.05) is 28.4 Å². The summed E-state index contributed by atoms with van der Waals surface area (Å²) in [6.45, 7) is 0.0345. The zero-order chi connectivity index (χ0) is 64.6. The second-order valence-electron chi connectivity index (χ2n) is 24.5. The number of carbonyl (C=O) groups excluding carboxylic acids is 2. The van der Waals surface area contributed by atoms with Crippen molar-refractivity contribution in [2.24, 2.45) is 0 Å². The van der Waals surface area contributed by atoms with Crippen molar-refractivity contribution in [3.63, 3.8) is 0 Å². The van der Waals surface area contributed by atoms with Gasteiger partial charge in [-0.15, -0.1) is 11.0 Å². The summed E-state index contributed by atoms with van der Waals surface area (Å²) in [5, 5.41) is 0. The third-order valence-corrected chi connectivity index (χ3v) is 19.9. The fraction of sp³-hybridized carbons (Fsp3) is 0.125. The molecule has 0 aliphatic carbocycles. The van der Waals surface area contributed by atoms with E-state index in [-0.39, 0.29) is 55.3 Å². The van der Waals surface area contributed by atoms with Crippen LogP contribution in [0.15, 0.2) is 206 Å². The Bertz CT molecular complexity index is 5210. The monoisotopic (exact) mass is 1320 g/mol. The van der Waals surface area contributed by atoms with Crippen LogP contribution in [0, 0.1) is 0 Å². The number of ether oxygens (including phenoxy) is 4. The van der Waals surface area contributed by atoms with Crippen LogP contribution in [0.1, 0.15) is 56.2 Å². The van der Waals surface area contributed by atoms with Crippen LogP contribution in [-0.4, -0.2) is 80.0 Å². The Balaban J connectivity index is 0.00000709. The van der Waals surface area contributed by atoms with E-state index in [0.29, 0.717) is 101 Å². The molecule has 0 atom stereocenters. The van der Waals surface area contributed by atoms with E-state index in [1.807, 2.05) is 177 Å². The summed E-state index contributed by atoms with van der Waals surface area (Å²) in [4.78, 5) is 75.1. The molecule has 8 bridgehead atoms. The molecule has 97 heavy (non-hydrogen) atoms. The number of carbonyl (C=O) groups is 2. The van der Waals surface area contributed by atoms with E-state index in [0.717, 1.165) is 66.7 Å². The number of aromatic nitrogens is 6. The normalized spacial score (nSPS) is 17.2. The minimum absolute atomic E-state index is 0. The van der Waals surface area contributed by atoms with Gasteiger partial charge in [0.2, 0.25) is 0 Å². The molecule has 0 spiro atoms. The summed E-state index contributed by atoms with van der Waals surface area (Å²) in [5.74, 6) is 1.85. The molecule has 4 amide bonds. The van der Waals surface area contributed by atoms with E-state index in [1.54, 1.807) is 28.4 Å². The van der Waals surface area contributed by atoms with Crippen molar-refractivity contribution in [1.29, 1.82) is 0 Å². The van der Waals surface area contributed by atoms with E-state index in [9.17, 15) is 0 Å². The molecule has 2 saturated heterocycles.